The molecule has 1 heteroatoms. The van der Waals surface area contributed by atoms with Crippen LogP contribution in [0.1, 0.15) is 65.2 Å². The minimum absolute atomic E-state index is 0.721. The Morgan fingerprint density at radius 1 is 1.16 bits per heavy atom. The Labute approximate surface area is 126 Å². The Kier molecular flexibility index (Phi) is 3.28. The van der Waals surface area contributed by atoms with Gasteiger partial charge in [0.1, 0.15) is 0 Å². The second-order valence-corrected chi connectivity index (χ2v) is 14.2. The summed E-state index contributed by atoms with van der Waals surface area (Å²) in [5.74, 6) is 2.10. The van der Waals surface area contributed by atoms with Gasteiger partial charge in [-0.2, -0.15) is 0 Å². The Balaban J connectivity index is 1.64. The fourth-order valence-electron chi connectivity index (χ4n) is 5.55. The van der Waals surface area contributed by atoms with Crippen molar-refractivity contribution in [3.63, 3.8) is 0 Å². The molecule has 1 saturated heterocycles. The first-order valence-corrected chi connectivity index (χ1v) is 12.5. The minimum atomic E-state index is -0.721. The van der Waals surface area contributed by atoms with Crippen LogP contribution in [-0.2, 0) is 0 Å². The Morgan fingerprint density at radius 2 is 2.05 bits per heavy atom. The third-order valence-corrected chi connectivity index (χ3v) is 16.0. The van der Waals surface area contributed by atoms with Gasteiger partial charge in [0.25, 0.3) is 0 Å². The van der Waals surface area contributed by atoms with E-state index in [0.29, 0.717) is 0 Å². The van der Waals surface area contributed by atoms with E-state index in [2.05, 4.69) is 19.9 Å². The van der Waals surface area contributed by atoms with E-state index < -0.39 is 19.8 Å². The zero-order valence-corrected chi connectivity index (χ0v) is 14.8. The molecule has 0 bridgehead atoms. The number of rotatable bonds is 0. The van der Waals surface area contributed by atoms with Gasteiger partial charge in [0.15, 0.2) is 0 Å². The Hall–Kier alpha value is 0.470. The molecule has 2 saturated carbocycles. The van der Waals surface area contributed by atoms with Crippen molar-refractivity contribution in [3.8, 4) is 0 Å². The van der Waals surface area contributed by atoms with Crippen LogP contribution in [0.3, 0.4) is 0 Å². The average molecular weight is 372 g/mol. The van der Waals surface area contributed by atoms with Gasteiger partial charge in [-0.05, 0) is 0 Å². The molecular formula is C18H29I. The molecule has 0 N–H and O–H groups in total. The van der Waals surface area contributed by atoms with E-state index in [0.717, 1.165) is 17.3 Å². The van der Waals surface area contributed by atoms with Crippen LogP contribution in [0.4, 0.5) is 0 Å². The monoisotopic (exact) mass is 372 g/mol. The molecule has 108 valence electrons. The zero-order chi connectivity index (χ0) is 13.0. The van der Waals surface area contributed by atoms with E-state index in [4.69, 9.17) is 0 Å². The summed E-state index contributed by atoms with van der Waals surface area (Å²) < 4.78 is 4.03. The molecule has 0 nitrogen and oxygen atoms in total. The molecule has 2 aliphatic carbocycles. The summed E-state index contributed by atoms with van der Waals surface area (Å²) in [6.45, 7) is 5.23. The van der Waals surface area contributed by atoms with E-state index in [9.17, 15) is 0 Å². The third kappa shape index (κ3) is 1.89. The number of halogens is 1. The summed E-state index contributed by atoms with van der Waals surface area (Å²) in [6, 6.07) is 0. The molecule has 5 unspecified atom stereocenters. The fraction of sp³-hybridized carbons (Fsp3) is 0.889. The molecule has 0 aromatic rings. The molecule has 0 aromatic heterocycles. The fourth-order valence-corrected chi connectivity index (χ4v) is 16.0. The second kappa shape index (κ2) is 4.74. The molecule has 5 atom stereocenters. The molecule has 0 radical (unpaired) electrons. The van der Waals surface area contributed by atoms with Crippen molar-refractivity contribution in [1.29, 1.82) is 0 Å². The summed E-state index contributed by atoms with van der Waals surface area (Å²) in [5, 5.41) is 0. The first-order valence-electron chi connectivity index (χ1n) is 8.52. The van der Waals surface area contributed by atoms with Crippen LogP contribution in [0.25, 0.3) is 0 Å². The second-order valence-electron chi connectivity index (χ2n) is 7.73. The van der Waals surface area contributed by atoms with Crippen LogP contribution in [0.5, 0.6) is 0 Å². The third-order valence-electron chi connectivity index (χ3n) is 7.01. The number of hydrogen-bond donors (Lipinski definition) is 0. The van der Waals surface area contributed by atoms with Crippen molar-refractivity contribution in [3.05, 3.63) is 11.6 Å². The first kappa shape index (κ1) is 13.2. The van der Waals surface area contributed by atoms with Gasteiger partial charge in [-0.25, -0.2) is 0 Å². The van der Waals surface area contributed by atoms with Crippen molar-refractivity contribution in [2.75, 3.05) is 4.43 Å². The Bertz CT molecular complexity index is 398. The molecule has 2 heterocycles. The van der Waals surface area contributed by atoms with Crippen LogP contribution >= 0.6 is 19.8 Å². The number of hydrogen-bond acceptors (Lipinski definition) is 0. The molecule has 4 aliphatic rings. The van der Waals surface area contributed by atoms with Crippen LogP contribution in [0, 0.1) is 17.3 Å². The number of allylic oxidation sites excluding steroid dienone is 2. The van der Waals surface area contributed by atoms with Crippen molar-refractivity contribution in [1.82, 2.24) is 0 Å². The van der Waals surface area contributed by atoms with Gasteiger partial charge in [-0.15, -0.1) is 0 Å². The molecule has 2 aliphatic heterocycles. The predicted molar refractivity (Wildman–Crippen MR) is 92.2 cm³/mol. The van der Waals surface area contributed by atoms with Gasteiger partial charge >= 0.3 is 126 Å². The molecular weight excluding hydrogens is 343 g/mol. The number of alkyl halides is 3. The van der Waals surface area contributed by atoms with Gasteiger partial charge < -0.3 is 0 Å². The number of fused-ring (bicyclic) bond motifs is 5. The van der Waals surface area contributed by atoms with Crippen LogP contribution < -0.4 is 0 Å². The van der Waals surface area contributed by atoms with Gasteiger partial charge in [-0.3, -0.25) is 0 Å². The molecule has 3 fully saturated rings. The molecule has 0 amide bonds. The van der Waals surface area contributed by atoms with Crippen molar-refractivity contribution in [2.24, 2.45) is 17.3 Å². The standard InChI is InChI=1S/C18H29I/c1-13-7-8-17-18(13,2)11-9-16-15-6-4-3-5-14(15)10-12-19(16)17/h10,13,15-17H,3-9,11-12H2,1-2H3. The quantitative estimate of drug-likeness (QED) is 0.295. The first-order chi connectivity index (χ1) is 9.20. The topological polar surface area (TPSA) is 0 Å². The average Bonchev–Trinajstić information content (AvgIpc) is 2.75. The predicted octanol–water partition coefficient (Wildman–Crippen LogP) is 5.59. The molecule has 0 spiro atoms. The normalized spacial score (nSPS) is 51.1. The molecule has 19 heavy (non-hydrogen) atoms. The van der Waals surface area contributed by atoms with Gasteiger partial charge in [-0.1, -0.05) is 0 Å². The van der Waals surface area contributed by atoms with E-state index in [1.165, 1.54) is 27.1 Å². The van der Waals surface area contributed by atoms with Crippen molar-refractivity contribution in [2.45, 2.75) is 73.1 Å². The Morgan fingerprint density at radius 3 is 2.95 bits per heavy atom. The van der Waals surface area contributed by atoms with E-state index >= 15 is 0 Å². The van der Waals surface area contributed by atoms with Crippen LogP contribution in [-0.4, -0.2) is 12.3 Å². The maximum absolute atomic E-state index is 2.76. The van der Waals surface area contributed by atoms with E-state index in [1.54, 1.807) is 36.5 Å². The summed E-state index contributed by atoms with van der Waals surface area (Å²) in [4.78, 5) is 0. The van der Waals surface area contributed by atoms with Crippen molar-refractivity contribution >= 4 is 19.8 Å². The molecule has 4 rings (SSSR count). The summed E-state index contributed by atoms with van der Waals surface area (Å²) >= 11 is -0.721. The van der Waals surface area contributed by atoms with E-state index in [-0.39, 0.29) is 0 Å². The zero-order valence-electron chi connectivity index (χ0n) is 12.6. The van der Waals surface area contributed by atoms with Gasteiger partial charge in [0.05, 0.1) is 0 Å². The van der Waals surface area contributed by atoms with Crippen LogP contribution in [0.2, 0.25) is 0 Å². The van der Waals surface area contributed by atoms with Gasteiger partial charge in [0, 0.05) is 0 Å². The summed E-state index contributed by atoms with van der Waals surface area (Å²) in [6.07, 6.45) is 15.1. The SMILES string of the molecule is CC1CCC2I3CC=C4CCCCC4C3CCC12C. The van der Waals surface area contributed by atoms with Gasteiger partial charge in [0.2, 0.25) is 0 Å². The van der Waals surface area contributed by atoms with Crippen molar-refractivity contribution < 1.29 is 0 Å². The summed E-state index contributed by atoms with van der Waals surface area (Å²) in [5.41, 5.74) is 2.68. The summed E-state index contributed by atoms with van der Waals surface area (Å²) in [7, 11) is 0. The van der Waals surface area contributed by atoms with E-state index in [1.807, 2.05) is 5.57 Å². The van der Waals surface area contributed by atoms with Crippen LogP contribution in [0.15, 0.2) is 11.6 Å². The maximum atomic E-state index is 2.76. The molecule has 0 aromatic carbocycles.